The number of hydrogen-bond donors (Lipinski definition) is 2. The molecule has 0 aliphatic heterocycles. The highest BCUT2D eigenvalue weighted by Crippen LogP contribution is 2.09. The highest BCUT2D eigenvalue weighted by molar-refractivity contribution is 5.42. The van der Waals surface area contributed by atoms with E-state index in [0.29, 0.717) is 5.95 Å². The average Bonchev–Trinajstić information content (AvgIpc) is 2.75. The minimum absolute atomic E-state index is 0.656. The van der Waals surface area contributed by atoms with Crippen molar-refractivity contribution in [1.82, 2.24) is 24.7 Å². The predicted molar refractivity (Wildman–Crippen MR) is 74.1 cm³/mol. The Morgan fingerprint density at radius 3 is 2.79 bits per heavy atom. The smallest absolute Gasteiger partial charge is 0.224 e. The zero-order chi connectivity index (χ0) is 13.7. The minimum atomic E-state index is 0.656. The van der Waals surface area contributed by atoms with Crippen molar-refractivity contribution >= 4 is 11.8 Å². The fourth-order valence-corrected chi connectivity index (χ4v) is 1.73. The first-order chi connectivity index (χ1) is 9.19. The molecule has 2 aromatic rings. The van der Waals surface area contributed by atoms with E-state index in [1.807, 2.05) is 31.5 Å². The van der Waals surface area contributed by atoms with Crippen LogP contribution in [0.1, 0.15) is 18.4 Å². The Morgan fingerprint density at radius 2 is 2.11 bits per heavy atom. The van der Waals surface area contributed by atoms with Crippen molar-refractivity contribution < 1.29 is 0 Å². The van der Waals surface area contributed by atoms with Gasteiger partial charge in [-0.2, -0.15) is 4.98 Å². The first-order valence-electron chi connectivity index (χ1n) is 6.35. The molecule has 7 nitrogen and oxygen atoms in total. The molecule has 2 rings (SSSR count). The number of hydrogen-bond acceptors (Lipinski definition) is 6. The quantitative estimate of drug-likeness (QED) is 0.807. The van der Waals surface area contributed by atoms with Crippen LogP contribution in [0, 0.1) is 6.92 Å². The highest BCUT2D eigenvalue weighted by atomic mass is 15.2. The normalized spacial score (nSPS) is 10.5. The van der Waals surface area contributed by atoms with E-state index < -0.39 is 0 Å². The third-order valence-electron chi connectivity index (χ3n) is 2.65. The molecular weight excluding hydrogens is 242 g/mol. The van der Waals surface area contributed by atoms with Crippen LogP contribution in [0.25, 0.3) is 0 Å². The molecule has 0 atom stereocenters. The molecule has 2 aromatic heterocycles. The fraction of sp³-hybridized carbons (Fsp3) is 0.500. The molecule has 0 aliphatic carbocycles. The second-order valence-electron chi connectivity index (χ2n) is 4.28. The third-order valence-corrected chi connectivity index (χ3v) is 2.65. The number of nitrogens with one attached hydrogen (secondary N) is 2. The van der Waals surface area contributed by atoms with Gasteiger partial charge in [0.1, 0.15) is 18.0 Å². The summed E-state index contributed by atoms with van der Waals surface area (Å²) in [5.74, 6) is 2.43. The third kappa shape index (κ3) is 3.64. The van der Waals surface area contributed by atoms with Gasteiger partial charge in [0.2, 0.25) is 5.95 Å². The summed E-state index contributed by atoms with van der Waals surface area (Å²) in [5, 5.41) is 14.3. The Kier molecular flexibility index (Phi) is 4.27. The topological polar surface area (TPSA) is 80.5 Å². The Bertz CT molecular complexity index is 535. The maximum absolute atomic E-state index is 4.39. The molecule has 102 valence electrons. The van der Waals surface area contributed by atoms with Gasteiger partial charge in [-0.15, -0.1) is 10.2 Å². The molecule has 0 fully saturated rings. The van der Waals surface area contributed by atoms with Crippen molar-refractivity contribution in [2.45, 2.75) is 20.3 Å². The number of rotatable bonds is 6. The van der Waals surface area contributed by atoms with Gasteiger partial charge in [-0.25, -0.2) is 4.98 Å². The molecule has 0 radical (unpaired) electrons. The molecule has 0 aromatic carbocycles. The first kappa shape index (κ1) is 13.3. The minimum Gasteiger partial charge on any atom is -0.369 e. The lowest BCUT2D eigenvalue weighted by Gasteiger charge is -2.08. The summed E-state index contributed by atoms with van der Waals surface area (Å²) in [7, 11) is 1.94. The Balaban J connectivity index is 1.94. The zero-order valence-corrected chi connectivity index (χ0v) is 11.5. The largest absolute Gasteiger partial charge is 0.369 e. The summed E-state index contributed by atoms with van der Waals surface area (Å²) in [4.78, 5) is 8.70. The molecule has 0 bridgehead atoms. The van der Waals surface area contributed by atoms with Crippen molar-refractivity contribution in [2.24, 2.45) is 7.05 Å². The van der Waals surface area contributed by atoms with Crippen LogP contribution in [0.4, 0.5) is 11.8 Å². The Labute approximate surface area is 112 Å². The summed E-state index contributed by atoms with van der Waals surface area (Å²) in [6, 6.07) is 1.93. The summed E-state index contributed by atoms with van der Waals surface area (Å²) < 4.78 is 1.91. The van der Waals surface area contributed by atoms with Gasteiger partial charge >= 0.3 is 0 Å². The van der Waals surface area contributed by atoms with Crippen molar-refractivity contribution in [2.75, 3.05) is 23.7 Å². The lowest BCUT2D eigenvalue weighted by atomic mass is 10.3. The SMILES string of the molecule is CCNc1nc(C)cc(NCCc2nncn2C)n1. The first-order valence-corrected chi connectivity index (χ1v) is 6.35. The van der Waals surface area contributed by atoms with Crippen LogP contribution in [0.5, 0.6) is 0 Å². The van der Waals surface area contributed by atoms with Crippen molar-refractivity contribution in [3.05, 3.63) is 23.9 Å². The second kappa shape index (κ2) is 6.12. The van der Waals surface area contributed by atoms with Crippen LogP contribution in [-0.2, 0) is 13.5 Å². The number of aryl methyl sites for hydroxylation is 2. The monoisotopic (exact) mass is 261 g/mol. The van der Waals surface area contributed by atoms with Crippen LogP contribution in [0.3, 0.4) is 0 Å². The summed E-state index contributed by atoms with van der Waals surface area (Å²) in [6.07, 6.45) is 2.50. The van der Waals surface area contributed by atoms with Gasteiger partial charge in [0.25, 0.3) is 0 Å². The van der Waals surface area contributed by atoms with E-state index in [0.717, 1.165) is 36.8 Å². The van der Waals surface area contributed by atoms with Crippen LogP contribution in [0.15, 0.2) is 12.4 Å². The van der Waals surface area contributed by atoms with Gasteiger partial charge < -0.3 is 15.2 Å². The summed E-state index contributed by atoms with van der Waals surface area (Å²) in [5.41, 5.74) is 0.937. The van der Waals surface area contributed by atoms with Gasteiger partial charge in [0, 0.05) is 38.3 Å². The Hall–Kier alpha value is -2.18. The molecule has 0 saturated carbocycles. The van der Waals surface area contributed by atoms with Crippen molar-refractivity contribution in [3.8, 4) is 0 Å². The van der Waals surface area contributed by atoms with Crippen LogP contribution in [-0.4, -0.2) is 37.8 Å². The standard InChI is InChI=1S/C12H19N7/c1-4-13-12-16-9(2)7-10(17-12)14-6-5-11-18-15-8-19(11)3/h7-8H,4-6H2,1-3H3,(H2,13,14,16,17). The van der Waals surface area contributed by atoms with E-state index in [1.54, 1.807) is 6.33 Å². The summed E-state index contributed by atoms with van der Waals surface area (Å²) in [6.45, 7) is 5.54. The number of nitrogens with zero attached hydrogens (tertiary/aromatic N) is 5. The maximum atomic E-state index is 4.39. The van der Waals surface area contributed by atoms with Gasteiger partial charge in [-0.1, -0.05) is 0 Å². The Morgan fingerprint density at radius 1 is 1.26 bits per heavy atom. The highest BCUT2D eigenvalue weighted by Gasteiger charge is 2.03. The molecule has 2 N–H and O–H groups in total. The number of aromatic nitrogens is 5. The molecule has 0 spiro atoms. The van der Waals surface area contributed by atoms with Crippen LogP contribution in [0.2, 0.25) is 0 Å². The second-order valence-corrected chi connectivity index (χ2v) is 4.28. The summed E-state index contributed by atoms with van der Waals surface area (Å²) >= 11 is 0. The lowest BCUT2D eigenvalue weighted by molar-refractivity contribution is 0.787. The molecule has 0 unspecified atom stereocenters. The van der Waals surface area contributed by atoms with E-state index >= 15 is 0 Å². The molecule has 0 saturated heterocycles. The molecule has 7 heteroatoms. The lowest BCUT2D eigenvalue weighted by Crippen LogP contribution is -2.11. The molecular formula is C12H19N7. The zero-order valence-electron chi connectivity index (χ0n) is 11.5. The van der Waals surface area contributed by atoms with Gasteiger partial charge in [-0.3, -0.25) is 0 Å². The van der Waals surface area contributed by atoms with Crippen molar-refractivity contribution in [3.63, 3.8) is 0 Å². The van der Waals surface area contributed by atoms with Crippen molar-refractivity contribution in [1.29, 1.82) is 0 Å². The van der Waals surface area contributed by atoms with Crippen LogP contribution < -0.4 is 10.6 Å². The van der Waals surface area contributed by atoms with E-state index in [4.69, 9.17) is 0 Å². The fourth-order valence-electron chi connectivity index (χ4n) is 1.73. The van der Waals surface area contributed by atoms with Crippen LogP contribution >= 0.6 is 0 Å². The van der Waals surface area contributed by atoms with Gasteiger partial charge in [0.05, 0.1) is 0 Å². The molecule has 19 heavy (non-hydrogen) atoms. The van der Waals surface area contributed by atoms with E-state index in [2.05, 4.69) is 30.8 Å². The maximum Gasteiger partial charge on any atom is 0.224 e. The predicted octanol–water partition coefficient (Wildman–Crippen LogP) is 1.000. The van der Waals surface area contributed by atoms with E-state index in [-0.39, 0.29) is 0 Å². The number of anilines is 2. The van der Waals surface area contributed by atoms with Gasteiger partial charge in [-0.05, 0) is 13.8 Å². The van der Waals surface area contributed by atoms with E-state index in [9.17, 15) is 0 Å². The average molecular weight is 261 g/mol. The van der Waals surface area contributed by atoms with E-state index in [1.165, 1.54) is 0 Å². The molecule has 0 amide bonds. The van der Waals surface area contributed by atoms with Gasteiger partial charge in [0.15, 0.2) is 0 Å². The molecule has 0 aliphatic rings. The molecule has 2 heterocycles.